The Labute approximate surface area is 99.9 Å². The number of alkyl halides is 3. The third-order valence-electron chi connectivity index (χ3n) is 1.53. The van der Waals surface area contributed by atoms with Crippen molar-refractivity contribution in [2.75, 3.05) is 0 Å². The Morgan fingerprint density at radius 1 is 1.36 bits per heavy atom. The molecule has 1 aromatic carbocycles. The molecule has 0 heterocycles. The first-order valence-electron chi connectivity index (χ1n) is 4.23. The SMILES string of the molecule is CC(C)Oc1cccc(C(F)(Br)Br)c1. The zero-order chi connectivity index (χ0) is 10.8. The normalized spacial score (nSPS) is 11.9. The van der Waals surface area contributed by atoms with Gasteiger partial charge in [0.05, 0.1) is 6.10 Å². The molecule has 78 valence electrons. The molecule has 0 aliphatic carbocycles. The lowest BCUT2D eigenvalue weighted by molar-refractivity contribution is 0.242. The number of rotatable bonds is 3. The van der Waals surface area contributed by atoms with Crippen LogP contribution in [0.15, 0.2) is 24.3 Å². The predicted octanol–water partition coefficient (Wildman–Crippen LogP) is 4.34. The Bertz CT molecular complexity index is 307. The van der Waals surface area contributed by atoms with Crippen LogP contribution in [0.4, 0.5) is 4.39 Å². The summed E-state index contributed by atoms with van der Waals surface area (Å²) in [6.45, 7) is 3.86. The zero-order valence-electron chi connectivity index (χ0n) is 7.93. The van der Waals surface area contributed by atoms with Gasteiger partial charge in [0.2, 0.25) is 3.49 Å². The van der Waals surface area contributed by atoms with E-state index in [0.717, 1.165) is 0 Å². The third-order valence-corrected chi connectivity index (χ3v) is 2.45. The molecule has 1 rings (SSSR count). The van der Waals surface area contributed by atoms with Crippen molar-refractivity contribution in [2.45, 2.75) is 23.4 Å². The Morgan fingerprint density at radius 3 is 2.50 bits per heavy atom. The smallest absolute Gasteiger partial charge is 0.244 e. The second-order valence-corrected chi connectivity index (χ2v) is 6.44. The first kappa shape index (κ1) is 12.0. The second-order valence-electron chi connectivity index (χ2n) is 3.19. The van der Waals surface area contributed by atoms with Gasteiger partial charge in [0.1, 0.15) is 5.75 Å². The van der Waals surface area contributed by atoms with E-state index in [1.54, 1.807) is 24.3 Å². The van der Waals surface area contributed by atoms with E-state index in [1.807, 2.05) is 13.8 Å². The first-order chi connectivity index (χ1) is 6.39. The molecule has 0 N–H and O–H groups in total. The summed E-state index contributed by atoms with van der Waals surface area (Å²) in [5, 5.41) is 0. The number of benzene rings is 1. The van der Waals surface area contributed by atoms with Gasteiger partial charge < -0.3 is 4.74 Å². The van der Waals surface area contributed by atoms with Crippen LogP contribution in [0.5, 0.6) is 5.75 Å². The zero-order valence-corrected chi connectivity index (χ0v) is 11.1. The van der Waals surface area contributed by atoms with Gasteiger partial charge in [-0.3, -0.25) is 0 Å². The molecule has 14 heavy (non-hydrogen) atoms. The van der Waals surface area contributed by atoms with Crippen LogP contribution in [0, 0.1) is 0 Å². The van der Waals surface area contributed by atoms with Gasteiger partial charge in [-0.1, -0.05) is 12.1 Å². The number of halogens is 3. The Morgan fingerprint density at radius 2 is 2.00 bits per heavy atom. The lowest BCUT2D eigenvalue weighted by Crippen LogP contribution is -2.07. The maximum absolute atomic E-state index is 13.4. The van der Waals surface area contributed by atoms with E-state index in [4.69, 9.17) is 4.74 Å². The lowest BCUT2D eigenvalue weighted by Gasteiger charge is -2.14. The van der Waals surface area contributed by atoms with Gasteiger partial charge >= 0.3 is 0 Å². The minimum Gasteiger partial charge on any atom is -0.491 e. The highest BCUT2D eigenvalue weighted by molar-refractivity contribution is 9.24. The molecule has 0 bridgehead atoms. The summed E-state index contributed by atoms with van der Waals surface area (Å²) < 4.78 is 17.2. The van der Waals surface area contributed by atoms with Gasteiger partial charge in [-0.25, -0.2) is 4.39 Å². The quantitative estimate of drug-likeness (QED) is 0.751. The molecule has 4 heteroatoms. The van der Waals surface area contributed by atoms with Crippen molar-refractivity contribution in [3.8, 4) is 5.75 Å². The van der Waals surface area contributed by atoms with Crippen LogP contribution in [-0.2, 0) is 3.49 Å². The topological polar surface area (TPSA) is 9.23 Å². The van der Waals surface area contributed by atoms with Crippen LogP contribution in [0.25, 0.3) is 0 Å². The predicted molar refractivity (Wildman–Crippen MR) is 62.8 cm³/mol. The van der Waals surface area contributed by atoms with E-state index in [2.05, 4.69) is 31.9 Å². The summed E-state index contributed by atoms with van der Waals surface area (Å²) >= 11 is 5.76. The molecule has 0 aliphatic rings. The van der Waals surface area contributed by atoms with E-state index in [-0.39, 0.29) is 6.10 Å². The van der Waals surface area contributed by atoms with Crippen molar-refractivity contribution in [3.05, 3.63) is 29.8 Å². The van der Waals surface area contributed by atoms with Gasteiger partial charge in [0.25, 0.3) is 0 Å². The maximum Gasteiger partial charge on any atom is 0.244 e. The number of hydrogen-bond donors (Lipinski definition) is 0. The molecule has 0 saturated heterocycles. The van der Waals surface area contributed by atoms with E-state index in [1.165, 1.54) is 0 Å². The number of ether oxygens (including phenoxy) is 1. The summed E-state index contributed by atoms with van der Waals surface area (Å²) in [6.07, 6.45) is 0.0879. The first-order valence-corrected chi connectivity index (χ1v) is 5.82. The van der Waals surface area contributed by atoms with Crippen molar-refractivity contribution >= 4 is 31.9 Å². The second kappa shape index (κ2) is 4.62. The lowest BCUT2D eigenvalue weighted by atomic mass is 10.2. The molecule has 0 spiro atoms. The van der Waals surface area contributed by atoms with Crippen LogP contribution in [0.3, 0.4) is 0 Å². The highest BCUT2D eigenvalue weighted by Crippen LogP contribution is 2.40. The molecule has 1 aromatic rings. The summed E-state index contributed by atoms with van der Waals surface area (Å²) in [5.41, 5.74) is 0.482. The van der Waals surface area contributed by atoms with E-state index >= 15 is 0 Å². The minimum atomic E-state index is -1.68. The molecule has 0 atom stereocenters. The minimum absolute atomic E-state index is 0.0879. The van der Waals surface area contributed by atoms with Crippen LogP contribution < -0.4 is 4.74 Å². The van der Waals surface area contributed by atoms with E-state index in [0.29, 0.717) is 11.3 Å². The molecule has 0 unspecified atom stereocenters. The van der Waals surface area contributed by atoms with E-state index in [9.17, 15) is 4.39 Å². The van der Waals surface area contributed by atoms with Crippen molar-refractivity contribution < 1.29 is 9.13 Å². The molecular weight excluding hydrogens is 315 g/mol. The Balaban J connectivity index is 2.90. The van der Waals surface area contributed by atoms with Crippen molar-refractivity contribution in [3.63, 3.8) is 0 Å². The van der Waals surface area contributed by atoms with Crippen molar-refractivity contribution in [1.82, 2.24) is 0 Å². The van der Waals surface area contributed by atoms with Crippen LogP contribution >= 0.6 is 31.9 Å². The summed E-state index contributed by atoms with van der Waals surface area (Å²) in [6, 6.07) is 6.89. The van der Waals surface area contributed by atoms with Crippen LogP contribution in [-0.4, -0.2) is 6.10 Å². The monoisotopic (exact) mass is 324 g/mol. The highest BCUT2D eigenvalue weighted by atomic mass is 79.9. The molecule has 1 nitrogen and oxygen atoms in total. The van der Waals surface area contributed by atoms with Gasteiger partial charge in [-0.2, -0.15) is 0 Å². The fourth-order valence-electron chi connectivity index (χ4n) is 1.02. The van der Waals surface area contributed by atoms with E-state index < -0.39 is 3.49 Å². The third kappa shape index (κ3) is 3.58. The average Bonchev–Trinajstić information content (AvgIpc) is 2.01. The summed E-state index contributed by atoms with van der Waals surface area (Å²) in [7, 11) is 0. The fraction of sp³-hybridized carbons (Fsp3) is 0.400. The fourth-order valence-corrected chi connectivity index (χ4v) is 1.51. The van der Waals surface area contributed by atoms with Gasteiger partial charge in [0.15, 0.2) is 0 Å². The largest absolute Gasteiger partial charge is 0.491 e. The van der Waals surface area contributed by atoms with Gasteiger partial charge in [-0.15, -0.1) is 0 Å². The van der Waals surface area contributed by atoms with Crippen molar-refractivity contribution in [1.29, 1.82) is 0 Å². The summed E-state index contributed by atoms with van der Waals surface area (Å²) in [5.74, 6) is 0.665. The highest BCUT2D eigenvalue weighted by Gasteiger charge is 2.23. The standard InChI is InChI=1S/C10H11Br2FO/c1-7(2)14-9-5-3-4-8(6-9)10(11,12)13/h3-7H,1-2H3. The Kier molecular flexibility index (Phi) is 3.95. The molecule has 0 radical (unpaired) electrons. The average molecular weight is 326 g/mol. The molecule has 0 saturated carbocycles. The maximum atomic E-state index is 13.4. The molecule has 0 amide bonds. The van der Waals surface area contributed by atoms with Gasteiger partial charge in [0, 0.05) is 5.56 Å². The molecule has 0 aliphatic heterocycles. The van der Waals surface area contributed by atoms with Crippen LogP contribution in [0.2, 0.25) is 0 Å². The van der Waals surface area contributed by atoms with Gasteiger partial charge in [-0.05, 0) is 57.8 Å². The van der Waals surface area contributed by atoms with Crippen molar-refractivity contribution in [2.24, 2.45) is 0 Å². The van der Waals surface area contributed by atoms with Crippen LogP contribution in [0.1, 0.15) is 19.4 Å². The molecule has 0 aromatic heterocycles. The molecule has 0 fully saturated rings. The molecular formula is C10H11Br2FO. The summed E-state index contributed by atoms with van der Waals surface area (Å²) in [4.78, 5) is 0. The number of hydrogen-bond acceptors (Lipinski definition) is 1. The Hall–Kier alpha value is -0.0900.